The van der Waals surface area contributed by atoms with E-state index in [-0.39, 0.29) is 5.82 Å². The largest absolute Gasteiger partial charge is 0.305 e. The lowest BCUT2D eigenvalue weighted by Crippen LogP contribution is -2.10. The average molecular weight is 385 g/mol. The van der Waals surface area contributed by atoms with Gasteiger partial charge in [-0.3, -0.25) is 0 Å². The van der Waals surface area contributed by atoms with E-state index >= 15 is 4.39 Å². The number of halogens is 4. The van der Waals surface area contributed by atoms with Crippen molar-refractivity contribution in [2.75, 3.05) is 0 Å². The zero-order valence-corrected chi connectivity index (χ0v) is 14.6. The number of benzene rings is 2. The van der Waals surface area contributed by atoms with Crippen LogP contribution in [0.25, 0.3) is 0 Å². The normalized spacial score (nSPS) is 13.7. The first-order valence-electron chi connectivity index (χ1n) is 7.03. The molecule has 24 heavy (non-hydrogen) atoms. The summed E-state index contributed by atoms with van der Waals surface area (Å²) in [6.45, 7) is 0. The van der Waals surface area contributed by atoms with Crippen molar-refractivity contribution < 1.29 is 8.78 Å². The lowest BCUT2D eigenvalue weighted by molar-refractivity contribution is 0.235. The highest BCUT2D eigenvalue weighted by molar-refractivity contribution is 7.99. The Balaban J connectivity index is 1.96. The van der Waals surface area contributed by atoms with Gasteiger partial charge in [-0.2, -0.15) is 0 Å². The van der Waals surface area contributed by atoms with Crippen LogP contribution < -0.4 is 0 Å². The maximum Gasteiger partial charge on any atom is 0.193 e. The van der Waals surface area contributed by atoms with Crippen molar-refractivity contribution in [3.05, 3.63) is 82.6 Å². The fraction of sp³-hybridized carbons (Fsp3) is 0.118. The summed E-state index contributed by atoms with van der Waals surface area (Å²) < 4.78 is 29.6. The van der Waals surface area contributed by atoms with Crippen LogP contribution in [-0.2, 0) is 0 Å². The van der Waals surface area contributed by atoms with E-state index in [1.165, 1.54) is 41.0 Å². The van der Waals surface area contributed by atoms with Crippen LogP contribution in [0.3, 0.4) is 0 Å². The highest BCUT2D eigenvalue weighted by atomic mass is 35.5. The molecule has 0 fully saturated rings. The van der Waals surface area contributed by atoms with Crippen molar-refractivity contribution in [2.24, 2.45) is 0 Å². The predicted octanol–water partition coefficient (Wildman–Crippen LogP) is 6.33. The molecule has 0 spiro atoms. The van der Waals surface area contributed by atoms with Crippen LogP contribution in [0.1, 0.15) is 17.1 Å². The molecule has 0 radical (unpaired) electrons. The first-order valence-corrected chi connectivity index (χ1v) is 8.67. The molecule has 0 bridgehead atoms. The van der Waals surface area contributed by atoms with Crippen LogP contribution in [-0.4, -0.2) is 9.55 Å². The van der Waals surface area contributed by atoms with Crippen molar-refractivity contribution in [1.29, 1.82) is 0 Å². The van der Waals surface area contributed by atoms with Gasteiger partial charge in [-0.25, -0.2) is 13.8 Å². The van der Waals surface area contributed by atoms with E-state index in [9.17, 15) is 4.39 Å². The molecule has 124 valence electrons. The molecule has 0 saturated heterocycles. The first kappa shape index (κ1) is 17.3. The van der Waals surface area contributed by atoms with E-state index in [0.717, 1.165) is 0 Å². The van der Waals surface area contributed by atoms with E-state index in [1.807, 2.05) is 0 Å². The molecule has 1 heterocycles. The van der Waals surface area contributed by atoms with Crippen molar-refractivity contribution >= 4 is 35.0 Å². The third kappa shape index (κ3) is 3.91. The molecule has 7 heteroatoms. The van der Waals surface area contributed by atoms with Crippen molar-refractivity contribution in [1.82, 2.24) is 9.55 Å². The molecule has 0 saturated carbocycles. The Labute approximate surface area is 152 Å². The second-order valence-electron chi connectivity index (χ2n) is 5.05. The minimum atomic E-state index is -1.39. The van der Waals surface area contributed by atoms with Gasteiger partial charge in [0.1, 0.15) is 5.82 Å². The molecule has 2 aromatic carbocycles. The highest BCUT2D eigenvalue weighted by Gasteiger charge is 2.26. The smallest absolute Gasteiger partial charge is 0.193 e. The lowest BCUT2D eigenvalue weighted by atomic mass is 10.1. The number of imidazole rings is 1. The molecular weight excluding hydrogens is 373 g/mol. The van der Waals surface area contributed by atoms with Gasteiger partial charge in [-0.05, 0) is 35.9 Å². The standard InChI is InChI=1S/C17H12Cl2F2N2S/c18-12-3-6-15(14(19)9-12)24-16(11-1-4-13(20)5-2-11)17(21)23-8-7-22-10-23/h1-10,16-17H. The summed E-state index contributed by atoms with van der Waals surface area (Å²) in [5.41, 5.74) is 0.647. The Kier molecular flexibility index (Phi) is 5.43. The van der Waals surface area contributed by atoms with Crippen LogP contribution in [0.2, 0.25) is 10.0 Å². The fourth-order valence-electron chi connectivity index (χ4n) is 2.21. The minimum absolute atomic E-state index is 0.370. The number of thioether (sulfide) groups is 1. The summed E-state index contributed by atoms with van der Waals surface area (Å²) in [7, 11) is 0. The Morgan fingerprint density at radius 2 is 1.83 bits per heavy atom. The van der Waals surface area contributed by atoms with Gasteiger partial charge in [-0.1, -0.05) is 35.3 Å². The number of nitrogens with zero attached hydrogens (tertiary/aromatic N) is 2. The van der Waals surface area contributed by atoms with Gasteiger partial charge in [0.25, 0.3) is 0 Å². The van der Waals surface area contributed by atoms with Gasteiger partial charge in [0.15, 0.2) is 6.30 Å². The van der Waals surface area contributed by atoms with E-state index in [4.69, 9.17) is 23.2 Å². The van der Waals surface area contributed by atoms with E-state index in [1.54, 1.807) is 36.5 Å². The zero-order valence-electron chi connectivity index (χ0n) is 12.2. The second kappa shape index (κ2) is 7.55. The van der Waals surface area contributed by atoms with E-state index in [2.05, 4.69) is 4.98 Å². The number of aromatic nitrogens is 2. The van der Waals surface area contributed by atoms with Gasteiger partial charge in [0.2, 0.25) is 0 Å². The topological polar surface area (TPSA) is 17.8 Å². The Morgan fingerprint density at radius 1 is 1.08 bits per heavy atom. The summed E-state index contributed by atoms with van der Waals surface area (Å²) in [4.78, 5) is 4.57. The van der Waals surface area contributed by atoms with Gasteiger partial charge >= 0.3 is 0 Å². The molecular formula is C17H12Cl2F2N2S. The van der Waals surface area contributed by atoms with Crippen LogP contribution in [0.5, 0.6) is 0 Å². The Bertz CT molecular complexity index is 810. The summed E-state index contributed by atoms with van der Waals surface area (Å²) in [5.74, 6) is -0.370. The summed E-state index contributed by atoms with van der Waals surface area (Å²) >= 11 is 13.4. The Morgan fingerprint density at radius 3 is 2.46 bits per heavy atom. The molecule has 0 aliphatic heterocycles. The van der Waals surface area contributed by atoms with Crippen LogP contribution >= 0.6 is 35.0 Å². The van der Waals surface area contributed by atoms with E-state index in [0.29, 0.717) is 20.5 Å². The van der Waals surface area contributed by atoms with Gasteiger partial charge < -0.3 is 4.57 Å². The van der Waals surface area contributed by atoms with Crippen LogP contribution in [0.4, 0.5) is 8.78 Å². The monoisotopic (exact) mass is 384 g/mol. The van der Waals surface area contributed by atoms with Gasteiger partial charge in [0.05, 0.1) is 16.6 Å². The van der Waals surface area contributed by atoms with E-state index < -0.39 is 11.5 Å². The molecule has 3 aromatic rings. The number of rotatable bonds is 5. The van der Waals surface area contributed by atoms with Crippen molar-refractivity contribution in [3.63, 3.8) is 0 Å². The van der Waals surface area contributed by atoms with Crippen molar-refractivity contribution in [3.8, 4) is 0 Å². The maximum absolute atomic E-state index is 15.1. The molecule has 2 unspecified atom stereocenters. The van der Waals surface area contributed by atoms with Crippen molar-refractivity contribution in [2.45, 2.75) is 16.4 Å². The quantitative estimate of drug-likeness (QED) is 0.478. The molecule has 3 rings (SSSR count). The lowest BCUT2D eigenvalue weighted by Gasteiger charge is -2.22. The SMILES string of the molecule is Fc1ccc(C(Sc2ccc(Cl)cc2Cl)C(F)n2ccnc2)cc1. The molecule has 0 amide bonds. The van der Waals surface area contributed by atoms with Crippen LogP contribution in [0.15, 0.2) is 66.1 Å². The van der Waals surface area contributed by atoms with Gasteiger partial charge in [0, 0.05) is 22.3 Å². The first-order chi connectivity index (χ1) is 11.5. The predicted molar refractivity (Wildman–Crippen MR) is 93.8 cm³/mol. The second-order valence-corrected chi connectivity index (χ2v) is 7.07. The summed E-state index contributed by atoms with van der Waals surface area (Å²) in [6, 6.07) is 10.8. The molecule has 2 nitrogen and oxygen atoms in total. The fourth-order valence-corrected chi connectivity index (χ4v) is 3.89. The molecule has 0 aliphatic carbocycles. The number of hydrogen-bond acceptors (Lipinski definition) is 2. The van der Waals surface area contributed by atoms with Crippen LogP contribution in [0, 0.1) is 5.82 Å². The third-order valence-corrected chi connectivity index (χ3v) is 5.43. The average Bonchev–Trinajstić information content (AvgIpc) is 3.09. The Hall–Kier alpha value is -1.56. The molecule has 2 atom stereocenters. The number of hydrogen-bond donors (Lipinski definition) is 0. The van der Waals surface area contributed by atoms with Gasteiger partial charge in [-0.15, -0.1) is 11.8 Å². The molecule has 0 aliphatic rings. The summed E-state index contributed by atoms with van der Waals surface area (Å²) in [6.07, 6.45) is 3.07. The summed E-state index contributed by atoms with van der Waals surface area (Å²) in [5, 5.41) is 0.324. The molecule has 0 N–H and O–H groups in total. The number of alkyl halides is 1. The highest BCUT2D eigenvalue weighted by Crippen LogP contribution is 2.46. The third-order valence-electron chi connectivity index (χ3n) is 3.41. The molecule has 1 aromatic heterocycles. The zero-order chi connectivity index (χ0) is 17.1. The minimum Gasteiger partial charge on any atom is -0.305 e. The maximum atomic E-state index is 15.1.